The van der Waals surface area contributed by atoms with Crippen molar-refractivity contribution in [1.29, 1.82) is 0 Å². The number of rotatable bonds is 5. The number of halogens is 2. The minimum atomic E-state index is -0.358. The van der Waals surface area contributed by atoms with Crippen LogP contribution in [0.15, 0.2) is 48.5 Å². The standard InChI is InChI=1S/C22H21Cl2N5O2/c1-14-20(21(24)29(27-14)12-15-5-3-2-4-6-15)22(31)26-16-7-8-18(17(23)11-16)28-10-9-25-19(30)13-28/h2-8,11H,9-10,12-13H2,1H3,(H,25,30)(H,26,31). The van der Waals surface area contributed by atoms with Crippen LogP contribution in [0.25, 0.3) is 0 Å². The molecule has 7 nitrogen and oxygen atoms in total. The molecule has 1 aliphatic rings. The van der Waals surface area contributed by atoms with E-state index in [0.29, 0.717) is 41.6 Å². The number of hydrogen-bond acceptors (Lipinski definition) is 4. The van der Waals surface area contributed by atoms with Gasteiger partial charge in [0.15, 0.2) is 0 Å². The van der Waals surface area contributed by atoms with Crippen LogP contribution in [0.2, 0.25) is 10.2 Å². The van der Waals surface area contributed by atoms with E-state index >= 15 is 0 Å². The Hall–Kier alpha value is -3.03. The van der Waals surface area contributed by atoms with Gasteiger partial charge in [0.05, 0.1) is 35.1 Å². The van der Waals surface area contributed by atoms with E-state index in [2.05, 4.69) is 15.7 Å². The van der Waals surface area contributed by atoms with Gasteiger partial charge in [-0.1, -0.05) is 53.5 Å². The van der Waals surface area contributed by atoms with Gasteiger partial charge in [-0.05, 0) is 30.7 Å². The third kappa shape index (κ3) is 4.68. The van der Waals surface area contributed by atoms with Crippen LogP contribution in [-0.4, -0.2) is 41.2 Å². The molecule has 2 N–H and O–H groups in total. The Morgan fingerprint density at radius 2 is 1.97 bits per heavy atom. The molecule has 0 spiro atoms. The highest BCUT2D eigenvalue weighted by molar-refractivity contribution is 6.34. The average molecular weight is 458 g/mol. The van der Waals surface area contributed by atoms with Crippen LogP contribution >= 0.6 is 23.2 Å². The quantitative estimate of drug-likeness (QED) is 0.611. The fourth-order valence-electron chi connectivity index (χ4n) is 3.55. The Morgan fingerprint density at radius 3 is 2.68 bits per heavy atom. The first-order valence-corrected chi connectivity index (χ1v) is 10.6. The van der Waals surface area contributed by atoms with Crippen LogP contribution in [0, 0.1) is 6.92 Å². The lowest BCUT2D eigenvalue weighted by Gasteiger charge is -2.29. The predicted molar refractivity (Wildman–Crippen MR) is 122 cm³/mol. The van der Waals surface area contributed by atoms with Crippen molar-refractivity contribution in [3.63, 3.8) is 0 Å². The Morgan fingerprint density at radius 1 is 1.19 bits per heavy atom. The van der Waals surface area contributed by atoms with Gasteiger partial charge in [-0.15, -0.1) is 0 Å². The molecule has 4 rings (SSSR count). The first-order chi connectivity index (χ1) is 14.9. The molecule has 0 saturated carbocycles. The van der Waals surface area contributed by atoms with Gasteiger partial charge in [0, 0.05) is 18.8 Å². The number of carbonyl (C=O) groups excluding carboxylic acids is 2. The summed E-state index contributed by atoms with van der Waals surface area (Å²) in [5, 5.41) is 10.8. The molecule has 160 valence electrons. The van der Waals surface area contributed by atoms with Gasteiger partial charge in [-0.2, -0.15) is 5.10 Å². The molecule has 3 aromatic rings. The fourth-order valence-corrected chi connectivity index (χ4v) is 4.17. The Bertz CT molecular complexity index is 1130. The number of nitrogens with one attached hydrogen (secondary N) is 2. The van der Waals surface area contributed by atoms with Gasteiger partial charge in [-0.25, -0.2) is 4.68 Å². The third-order valence-electron chi connectivity index (χ3n) is 5.05. The van der Waals surface area contributed by atoms with Crippen molar-refractivity contribution in [1.82, 2.24) is 15.1 Å². The number of nitrogens with zero attached hydrogens (tertiary/aromatic N) is 3. The Labute approximate surface area is 189 Å². The van der Waals surface area contributed by atoms with E-state index in [1.165, 1.54) is 0 Å². The van der Waals surface area contributed by atoms with Crippen LogP contribution in [0.3, 0.4) is 0 Å². The summed E-state index contributed by atoms with van der Waals surface area (Å²) >= 11 is 12.9. The zero-order valence-electron chi connectivity index (χ0n) is 16.9. The second-order valence-electron chi connectivity index (χ2n) is 7.29. The van der Waals surface area contributed by atoms with E-state index in [-0.39, 0.29) is 23.5 Å². The molecule has 9 heteroatoms. The maximum Gasteiger partial charge on any atom is 0.260 e. The highest BCUT2D eigenvalue weighted by atomic mass is 35.5. The summed E-state index contributed by atoms with van der Waals surface area (Å²) in [6, 6.07) is 15.0. The summed E-state index contributed by atoms with van der Waals surface area (Å²) in [4.78, 5) is 26.4. The lowest BCUT2D eigenvalue weighted by Crippen LogP contribution is -2.47. The van der Waals surface area contributed by atoms with E-state index in [9.17, 15) is 9.59 Å². The van der Waals surface area contributed by atoms with E-state index in [1.54, 1.807) is 29.8 Å². The minimum Gasteiger partial charge on any atom is -0.359 e. The van der Waals surface area contributed by atoms with E-state index in [0.717, 1.165) is 11.3 Å². The first kappa shape index (κ1) is 21.2. The highest BCUT2D eigenvalue weighted by Crippen LogP contribution is 2.30. The molecule has 0 bridgehead atoms. The topological polar surface area (TPSA) is 79.3 Å². The summed E-state index contributed by atoms with van der Waals surface area (Å²) in [5.74, 6) is -0.402. The zero-order valence-corrected chi connectivity index (χ0v) is 18.4. The fraction of sp³-hybridized carbons (Fsp3) is 0.227. The number of benzene rings is 2. The molecule has 0 unspecified atom stereocenters. The number of piperazine rings is 1. The van der Waals surface area contributed by atoms with Crippen molar-refractivity contribution in [3.05, 3.63) is 75.5 Å². The van der Waals surface area contributed by atoms with E-state index in [4.69, 9.17) is 23.2 Å². The van der Waals surface area contributed by atoms with Gasteiger partial charge in [0.1, 0.15) is 5.15 Å². The van der Waals surface area contributed by atoms with Crippen molar-refractivity contribution >= 4 is 46.4 Å². The molecule has 1 aliphatic heterocycles. The third-order valence-corrected chi connectivity index (χ3v) is 5.74. The SMILES string of the molecule is Cc1nn(Cc2ccccc2)c(Cl)c1C(=O)Nc1ccc(N2CCNC(=O)C2)c(Cl)c1. The lowest BCUT2D eigenvalue weighted by molar-refractivity contribution is -0.120. The van der Waals surface area contributed by atoms with Gasteiger partial charge in [0.2, 0.25) is 5.91 Å². The van der Waals surface area contributed by atoms with E-state index < -0.39 is 0 Å². The molecule has 2 amide bonds. The summed E-state index contributed by atoms with van der Waals surface area (Å²) < 4.78 is 1.61. The number of amides is 2. The second-order valence-corrected chi connectivity index (χ2v) is 8.05. The molecule has 1 saturated heterocycles. The van der Waals surface area contributed by atoms with Gasteiger partial charge in [0.25, 0.3) is 5.91 Å². The Balaban J connectivity index is 1.51. The summed E-state index contributed by atoms with van der Waals surface area (Å²) in [5.41, 5.74) is 3.18. The van der Waals surface area contributed by atoms with Crippen LogP contribution in [-0.2, 0) is 11.3 Å². The average Bonchev–Trinajstić information content (AvgIpc) is 3.02. The van der Waals surface area contributed by atoms with Crippen molar-refractivity contribution in [2.24, 2.45) is 0 Å². The van der Waals surface area contributed by atoms with Crippen molar-refractivity contribution in [2.75, 3.05) is 29.9 Å². The lowest BCUT2D eigenvalue weighted by atomic mass is 10.2. The van der Waals surface area contributed by atoms with Gasteiger partial charge < -0.3 is 15.5 Å². The highest BCUT2D eigenvalue weighted by Gasteiger charge is 2.22. The van der Waals surface area contributed by atoms with Crippen LogP contribution in [0.1, 0.15) is 21.6 Å². The number of hydrogen-bond donors (Lipinski definition) is 2. The predicted octanol–water partition coefficient (Wildman–Crippen LogP) is 3.74. The zero-order chi connectivity index (χ0) is 22.0. The molecule has 0 atom stereocenters. The molecule has 1 fully saturated rings. The minimum absolute atomic E-state index is 0.0441. The number of carbonyl (C=O) groups is 2. The monoisotopic (exact) mass is 457 g/mol. The van der Waals surface area contributed by atoms with Crippen LogP contribution < -0.4 is 15.5 Å². The van der Waals surface area contributed by atoms with E-state index in [1.807, 2.05) is 35.2 Å². The molecule has 2 aromatic carbocycles. The van der Waals surface area contributed by atoms with Gasteiger partial charge >= 0.3 is 0 Å². The summed E-state index contributed by atoms with van der Waals surface area (Å²) in [6.07, 6.45) is 0. The largest absolute Gasteiger partial charge is 0.359 e. The van der Waals surface area contributed by atoms with Crippen molar-refractivity contribution in [3.8, 4) is 0 Å². The number of aromatic nitrogens is 2. The number of anilines is 2. The Kier molecular flexibility index (Phi) is 6.15. The second kappa shape index (κ2) is 8.99. The van der Waals surface area contributed by atoms with Gasteiger partial charge in [-0.3, -0.25) is 9.59 Å². The normalized spacial score (nSPS) is 13.8. The maximum atomic E-state index is 12.9. The molecule has 2 heterocycles. The van der Waals surface area contributed by atoms with Crippen molar-refractivity contribution in [2.45, 2.75) is 13.5 Å². The maximum absolute atomic E-state index is 12.9. The smallest absolute Gasteiger partial charge is 0.260 e. The van der Waals surface area contributed by atoms with Crippen molar-refractivity contribution < 1.29 is 9.59 Å². The molecule has 1 aromatic heterocycles. The molecule has 31 heavy (non-hydrogen) atoms. The molecular weight excluding hydrogens is 437 g/mol. The number of aryl methyl sites for hydroxylation is 1. The van der Waals surface area contributed by atoms with Crippen LogP contribution in [0.5, 0.6) is 0 Å². The first-order valence-electron chi connectivity index (χ1n) is 9.82. The molecular formula is C22H21Cl2N5O2. The van der Waals surface area contributed by atoms with Crippen LogP contribution in [0.4, 0.5) is 11.4 Å². The molecule has 0 aliphatic carbocycles. The summed E-state index contributed by atoms with van der Waals surface area (Å²) in [6.45, 7) is 3.71. The summed E-state index contributed by atoms with van der Waals surface area (Å²) in [7, 11) is 0. The molecule has 0 radical (unpaired) electrons.